The van der Waals surface area contributed by atoms with Gasteiger partial charge in [-0.1, -0.05) is 56.6 Å². The molecule has 0 fully saturated rings. The SMILES string of the molecule is CN(C(=O)c1ccc(Cl)c(OCc2ccccc2C(F)(F)F)c1)c1cc(C(C)(C)C)ccc1NC(=O)OC(C)(C)C. The molecular weight excluding hydrogens is 557 g/mol. The van der Waals surface area contributed by atoms with Gasteiger partial charge in [0, 0.05) is 18.2 Å². The first kappa shape index (κ1) is 31.8. The predicted molar refractivity (Wildman–Crippen MR) is 155 cm³/mol. The minimum atomic E-state index is -4.54. The number of nitrogens with zero attached hydrogens (tertiary/aromatic N) is 1. The van der Waals surface area contributed by atoms with Gasteiger partial charge in [0.15, 0.2) is 0 Å². The van der Waals surface area contributed by atoms with Gasteiger partial charge in [-0.2, -0.15) is 13.2 Å². The molecule has 0 aliphatic carbocycles. The Morgan fingerprint density at radius 2 is 1.59 bits per heavy atom. The molecule has 0 aliphatic rings. The highest BCUT2D eigenvalue weighted by Gasteiger charge is 2.33. The number of halogens is 4. The second-order valence-electron chi connectivity index (χ2n) is 11.6. The van der Waals surface area contributed by atoms with Crippen molar-refractivity contribution in [2.24, 2.45) is 0 Å². The molecule has 0 unspecified atom stereocenters. The summed E-state index contributed by atoms with van der Waals surface area (Å²) in [5, 5.41) is 2.85. The smallest absolute Gasteiger partial charge is 0.416 e. The van der Waals surface area contributed by atoms with Gasteiger partial charge in [0.1, 0.15) is 18.0 Å². The van der Waals surface area contributed by atoms with Crippen molar-refractivity contribution in [1.82, 2.24) is 0 Å². The van der Waals surface area contributed by atoms with E-state index in [1.54, 1.807) is 33.9 Å². The quantitative estimate of drug-likeness (QED) is 0.311. The molecule has 0 spiro atoms. The number of hydrogen-bond donors (Lipinski definition) is 1. The third kappa shape index (κ3) is 8.39. The van der Waals surface area contributed by atoms with Crippen LogP contribution in [0.5, 0.6) is 5.75 Å². The van der Waals surface area contributed by atoms with Gasteiger partial charge in [-0.15, -0.1) is 0 Å². The van der Waals surface area contributed by atoms with E-state index >= 15 is 0 Å². The summed E-state index contributed by atoms with van der Waals surface area (Å²) in [5.74, 6) is -0.404. The van der Waals surface area contributed by atoms with Crippen LogP contribution in [0.4, 0.5) is 29.3 Å². The molecule has 0 saturated heterocycles. The van der Waals surface area contributed by atoms with Crippen LogP contribution in [0, 0.1) is 0 Å². The highest BCUT2D eigenvalue weighted by molar-refractivity contribution is 6.32. The van der Waals surface area contributed by atoms with Crippen LogP contribution < -0.4 is 15.0 Å². The van der Waals surface area contributed by atoms with Crippen molar-refractivity contribution < 1.29 is 32.2 Å². The monoisotopic (exact) mass is 590 g/mol. The Bertz CT molecular complexity index is 1430. The van der Waals surface area contributed by atoms with Gasteiger partial charge in [-0.3, -0.25) is 10.1 Å². The van der Waals surface area contributed by atoms with Crippen molar-refractivity contribution in [2.45, 2.75) is 65.3 Å². The van der Waals surface area contributed by atoms with Crippen molar-refractivity contribution in [3.05, 3.63) is 87.9 Å². The number of carbonyl (C=O) groups excluding carboxylic acids is 2. The van der Waals surface area contributed by atoms with Crippen LogP contribution in [0.15, 0.2) is 60.7 Å². The van der Waals surface area contributed by atoms with E-state index in [0.29, 0.717) is 11.4 Å². The lowest BCUT2D eigenvalue weighted by molar-refractivity contribution is -0.138. The van der Waals surface area contributed by atoms with Crippen LogP contribution in [0.25, 0.3) is 0 Å². The van der Waals surface area contributed by atoms with E-state index in [0.717, 1.165) is 11.6 Å². The van der Waals surface area contributed by atoms with Crippen molar-refractivity contribution in [1.29, 1.82) is 0 Å². The van der Waals surface area contributed by atoms with Crippen molar-refractivity contribution in [3.63, 3.8) is 0 Å². The topological polar surface area (TPSA) is 67.9 Å². The van der Waals surface area contributed by atoms with E-state index in [1.807, 2.05) is 32.9 Å². The Hall–Kier alpha value is -3.72. The van der Waals surface area contributed by atoms with Crippen LogP contribution >= 0.6 is 11.6 Å². The summed E-state index contributed by atoms with van der Waals surface area (Å²) in [6.45, 7) is 10.9. The molecule has 3 aromatic carbocycles. The van der Waals surface area contributed by atoms with Crippen molar-refractivity contribution >= 4 is 35.0 Å². The highest BCUT2D eigenvalue weighted by Crippen LogP contribution is 2.35. The van der Waals surface area contributed by atoms with Gasteiger partial charge >= 0.3 is 12.3 Å². The average Bonchev–Trinajstić information content (AvgIpc) is 2.85. The highest BCUT2D eigenvalue weighted by atomic mass is 35.5. The number of benzene rings is 3. The molecule has 0 aliphatic heterocycles. The largest absolute Gasteiger partial charge is 0.487 e. The van der Waals surface area contributed by atoms with Crippen LogP contribution in [-0.2, 0) is 22.9 Å². The number of hydrogen-bond acceptors (Lipinski definition) is 4. The second kappa shape index (κ2) is 12.0. The molecule has 2 amide bonds. The molecule has 0 saturated carbocycles. The maximum absolute atomic E-state index is 13.6. The summed E-state index contributed by atoms with van der Waals surface area (Å²) in [4.78, 5) is 27.5. The third-order valence-corrected chi connectivity index (χ3v) is 6.36. The number of alkyl halides is 3. The number of carbonyl (C=O) groups is 2. The molecule has 41 heavy (non-hydrogen) atoms. The maximum atomic E-state index is 13.6. The van der Waals surface area contributed by atoms with E-state index in [-0.39, 0.29) is 27.3 Å². The molecule has 6 nitrogen and oxygen atoms in total. The van der Waals surface area contributed by atoms with Crippen LogP contribution in [0.1, 0.15) is 68.6 Å². The molecule has 0 atom stereocenters. The summed E-state index contributed by atoms with van der Waals surface area (Å²) in [5.41, 5.74) is 0.0239. The number of amides is 2. The molecule has 1 N–H and O–H groups in total. The molecule has 3 rings (SSSR count). The van der Waals surface area contributed by atoms with Gasteiger partial charge < -0.3 is 14.4 Å². The van der Waals surface area contributed by atoms with Crippen molar-refractivity contribution in [2.75, 3.05) is 17.3 Å². The van der Waals surface area contributed by atoms with Gasteiger partial charge in [0.25, 0.3) is 5.91 Å². The zero-order chi connectivity index (χ0) is 30.8. The Labute approximate surface area is 243 Å². The summed E-state index contributed by atoms with van der Waals surface area (Å²) in [6, 6.07) is 14.8. The first-order valence-electron chi connectivity index (χ1n) is 12.9. The lowest BCUT2D eigenvalue weighted by Crippen LogP contribution is -2.30. The minimum absolute atomic E-state index is 0.0541. The standard InChI is InChI=1S/C31H34ClF3N2O4/c1-29(2,3)21-13-15-24(36-28(39)41-30(4,5)6)25(17-21)37(7)27(38)19-12-14-23(32)26(16-19)40-18-20-10-8-9-11-22(20)31(33,34)35/h8-17H,18H2,1-7H3,(H,36,39). The van der Waals surface area contributed by atoms with Crippen LogP contribution in [0.2, 0.25) is 5.02 Å². The summed E-state index contributed by atoms with van der Waals surface area (Å²) < 4.78 is 51.2. The normalized spacial score (nSPS) is 12.1. The molecule has 0 aromatic heterocycles. The molecule has 0 heterocycles. The second-order valence-corrected chi connectivity index (χ2v) is 12.0. The van der Waals surface area contributed by atoms with E-state index < -0.39 is 35.9 Å². The zero-order valence-electron chi connectivity index (χ0n) is 24.1. The fraction of sp³-hybridized carbons (Fsp3) is 0.355. The fourth-order valence-electron chi connectivity index (χ4n) is 3.92. The Morgan fingerprint density at radius 1 is 0.927 bits per heavy atom. The lowest BCUT2D eigenvalue weighted by Gasteiger charge is -2.26. The van der Waals surface area contributed by atoms with E-state index in [2.05, 4.69) is 5.32 Å². The third-order valence-electron chi connectivity index (χ3n) is 6.05. The summed E-state index contributed by atoms with van der Waals surface area (Å²) >= 11 is 6.27. The van der Waals surface area contributed by atoms with Gasteiger partial charge in [0.2, 0.25) is 0 Å². The Balaban J connectivity index is 1.92. The van der Waals surface area contributed by atoms with Crippen LogP contribution in [0.3, 0.4) is 0 Å². The number of nitrogens with one attached hydrogen (secondary N) is 1. The molecule has 0 radical (unpaired) electrons. The molecule has 0 bridgehead atoms. The molecular formula is C31H34ClF3N2O4. The van der Waals surface area contributed by atoms with E-state index in [9.17, 15) is 22.8 Å². The fourth-order valence-corrected chi connectivity index (χ4v) is 4.10. The zero-order valence-corrected chi connectivity index (χ0v) is 24.8. The minimum Gasteiger partial charge on any atom is -0.487 e. The van der Waals surface area contributed by atoms with Gasteiger partial charge in [-0.05, 0) is 68.1 Å². The van der Waals surface area contributed by atoms with Gasteiger partial charge in [-0.25, -0.2) is 4.79 Å². The first-order chi connectivity index (χ1) is 18.9. The number of ether oxygens (including phenoxy) is 2. The van der Waals surface area contributed by atoms with E-state index in [1.165, 1.54) is 41.3 Å². The van der Waals surface area contributed by atoms with E-state index in [4.69, 9.17) is 21.1 Å². The van der Waals surface area contributed by atoms with Crippen molar-refractivity contribution in [3.8, 4) is 5.75 Å². The van der Waals surface area contributed by atoms with Crippen LogP contribution in [-0.4, -0.2) is 24.6 Å². The Kier molecular flexibility index (Phi) is 9.33. The maximum Gasteiger partial charge on any atom is 0.416 e. The molecule has 220 valence electrons. The summed E-state index contributed by atoms with van der Waals surface area (Å²) in [7, 11) is 1.55. The summed E-state index contributed by atoms with van der Waals surface area (Å²) in [6.07, 6.45) is -5.22. The Morgan fingerprint density at radius 3 is 2.20 bits per heavy atom. The number of rotatable bonds is 6. The molecule has 10 heteroatoms. The average molecular weight is 591 g/mol. The number of anilines is 2. The molecule has 3 aromatic rings. The lowest BCUT2D eigenvalue weighted by atomic mass is 9.86. The predicted octanol–water partition coefficient (Wildman–Crippen LogP) is 8.86. The first-order valence-corrected chi connectivity index (χ1v) is 13.2. The van der Waals surface area contributed by atoms with Gasteiger partial charge in [0.05, 0.1) is 22.0 Å².